The van der Waals surface area contributed by atoms with Crippen molar-refractivity contribution in [1.29, 1.82) is 0 Å². The molecule has 0 aromatic heterocycles. The van der Waals surface area contributed by atoms with Crippen LogP contribution in [-0.4, -0.2) is 11.7 Å². The summed E-state index contributed by atoms with van der Waals surface area (Å²) in [4.78, 5) is 0. The van der Waals surface area contributed by atoms with Crippen LogP contribution in [0, 0.1) is 0 Å². The van der Waals surface area contributed by atoms with E-state index in [2.05, 4.69) is 0 Å². The molecule has 2 aromatic carbocycles. The molecule has 0 aliphatic heterocycles. The topological polar surface area (TPSA) is 29.5 Å². The molecule has 2 nitrogen and oxygen atoms in total. The van der Waals surface area contributed by atoms with E-state index in [4.69, 9.17) is 4.74 Å². The van der Waals surface area contributed by atoms with Gasteiger partial charge in [0.05, 0.1) is 6.10 Å². The van der Waals surface area contributed by atoms with Crippen LogP contribution < -0.4 is 4.74 Å². The van der Waals surface area contributed by atoms with Crippen LogP contribution in [0.3, 0.4) is 0 Å². The minimum Gasteiger partial charge on any atom is -0.489 e. The van der Waals surface area contributed by atoms with Gasteiger partial charge in [0.1, 0.15) is 12.4 Å². The van der Waals surface area contributed by atoms with Crippen molar-refractivity contribution in [2.45, 2.75) is 19.4 Å². The normalized spacial score (nSPS) is 12.5. The predicted octanol–water partition coefficient (Wildman–Crippen LogP) is 4.22. The first kappa shape index (κ1) is 14.4. The second-order valence-electron chi connectivity index (χ2n) is 4.59. The monoisotopic (exact) mass is 268 g/mol. The fraction of sp³-hybridized carbons (Fsp3) is 0.222. The predicted molar refractivity (Wildman–Crippen MR) is 82.7 cm³/mol. The van der Waals surface area contributed by atoms with Crippen molar-refractivity contribution in [3.63, 3.8) is 0 Å². The third-order valence-corrected chi connectivity index (χ3v) is 3.11. The summed E-state index contributed by atoms with van der Waals surface area (Å²) in [5.74, 6) is 0.750. The van der Waals surface area contributed by atoms with E-state index in [1.165, 1.54) is 0 Å². The lowest BCUT2D eigenvalue weighted by Gasteiger charge is -2.13. The Bertz CT molecular complexity index is 546. The molecule has 0 aliphatic rings. The van der Waals surface area contributed by atoms with Gasteiger partial charge in [-0.1, -0.05) is 61.5 Å². The zero-order valence-electron chi connectivity index (χ0n) is 11.7. The summed E-state index contributed by atoms with van der Waals surface area (Å²) in [5.41, 5.74) is 2.00. The van der Waals surface area contributed by atoms with Crippen LogP contribution in [0.5, 0.6) is 5.75 Å². The molecule has 0 heterocycles. The Hall–Kier alpha value is -2.06. The number of ether oxygens (including phenoxy) is 1. The van der Waals surface area contributed by atoms with Crippen LogP contribution in [-0.2, 0) is 0 Å². The number of hydrogen-bond acceptors (Lipinski definition) is 2. The van der Waals surface area contributed by atoms with Crippen LogP contribution in [0.1, 0.15) is 30.6 Å². The highest BCUT2D eigenvalue weighted by molar-refractivity contribution is 5.48. The van der Waals surface area contributed by atoms with Crippen molar-refractivity contribution in [3.8, 4) is 5.75 Å². The quantitative estimate of drug-likeness (QED) is 0.850. The van der Waals surface area contributed by atoms with Gasteiger partial charge in [-0.3, -0.25) is 0 Å². The highest BCUT2D eigenvalue weighted by Gasteiger charge is 2.10. The molecule has 20 heavy (non-hydrogen) atoms. The van der Waals surface area contributed by atoms with E-state index in [0.29, 0.717) is 13.0 Å². The highest BCUT2D eigenvalue weighted by Crippen LogP contribution is 2.26. The molecule has 1 N–H and O–H groups in total. The lowest BCUT2D eigenvalue weighted by Crippen LogP contribution is -2.01. The summed E-state index contributed by atoms with van der Waals surface area (Å²) in [6, 6.07) is 17.7. The van der Waals surface area contributed by atoms with E-state index in [9.17, 15) is 5.11 Å². The van der Waals surface area contributed by atoms with Gasteiger partial charge >= 0.3 is 0 Å². The fourth-order valence-corrected chi connectivity index (χ4v) is 1.99. The van der Waals surface area contributed by atoms with Gasteiger partial charge in [0, 0.05) is 5.56 Å². The lowest BCUT2D eigenvalue weighted by molar-refractivity contribution is 0.168. The summed E-state index contributed by atoms with van der Waals surface area (Å²) in [6.07, 6.45) is 4.22. The van der Waals surface area contributed by atoms with Gasteiger partial charge in [0.2, 0.25) is 0 Å². The maximum atomic E-state index is 9.95. The molecule has 0 bridgehead atoms. The van der Waals surface area contributed by atoms with Crippen molar-refractivity contribution in [3.05, 3.63) is 71.8 Å². The number of benzene rings is 2. The second-order valence-corrected chi connectivity index (χ2v) is 4.59. The fourth-order valence-electron chi connectivity index (χ4n) is 1.99. The Labute approximate surface area is 120 Å². The first-order valence-corrected chi connectivity index (χ1v) is 6.92. The minimum atomic E-state index is -0.468. The number of para-hydroxylation sites is 1. The van der Waals surface area contributed by atoms with Gasteiger partial charge < -0.3 is 9.84 Å². The summed E-state index contributed by atoms with van der Waals surface area (Å²) >= 11 is 0. The minimum absolute atomic E-state index is 0.468. The number of aliphatic hydroxyl groups is 1. The van der Waals surface area contributed by atoms with E-state index in [1.54, 1.807) is 0 Å². The van der Waals surface area contributed by atoms with Crippen LogP contribution in [0.25, 0.3) is 6.08 Å². The highest BCUT2D eigenvalue weighted by atomic mass is 16.5. The van der Waals surface area contributed by atoms with Gasteiger partial charge in [0.15, 0.2) is 0 Å². The molecule has 0 saturated heterocycles. The Balaban J connectivity index is 1.96. The van der Waals surface area contributed by atoms with Crippen molar-refractivity contribution < 1.29 is 9.84 Å². The zero-order chi connectivity index (χ0) is 14.2. The third-order valence-electron chi connectivity index (χ3n) is 3.11. The number of aliphatic hydroxyl groups excluding tert-OH is 1. The molecule has 104 valence electrons. The summed E-state index contributed by atoms with van der Waals surface area (Å²) < 4.78 is 5.74. The molecular formula is C18H20O2. The first-order valence-electron chi connectivity index (χ1n) is 6.92. The summed E-state index contributed by atoms with van der Waals surface area (Å²) in [7, 11) is 0. The van der Waals surface area contributed by atoms with Crippen LogP contribution in [0.4, 0.5) is 0 Å². The van der Waals surface area contributed by atoms with Crippen molar-refractivity contribution in [2.24, 2.45) is 0 Å². The van der Waals surface area contributed by atoms with Crippen molar-refractivity contribution in [1.82, 2.24) is 0 Å². The van der Waals surface area contributed by atoms with E-state index in [-0.39, 0.29) is 0 Å². The van der Waals surface area contributed by atoms with E-state index in [0.717, 1.165) is 16.9 Å². The molecule has 0 aliphatic carbocycles. The maximum absolute atomic E-state index is 9.95. The molecule has 1 atom stereocenters. The molecule has 0 fully saturated rings. The molecule has 0 radical (unpaired) electrons. The molecule has 0 saturated carbocycles. The lowest BCUT2D eigenvalue weighted by atomic mass is 10.1. The first-order chi connectivity index (χ1) is 9.81. The van der Waals surface area contributed by atoms with Gasteiger partial charge in [-0.15, -0.1) is 0 Å². The summed E-state index contributed by atoms with van der Waals surface area (Å²) in [6.45, 7) is 2.44. The number of rotatable bonds is 6. The third kappa shape index (κ3) is 3.97. The maximum Gasteiger partial charge on any atom is 0.125 e. The molecule has 0 spiro atoms. The van der Waals surface area contributed by atoms with E-state index >= 15 is 0 Å². The zero-order valence-corrected chi connectivity index (χ0v) is 11.7. The Morgan fingerprint density at radius 1 is 1.05 bits per heavy atom. The van der Waals surface area contributed by atoms with E-state index in [1.807, 2.05) is 73.7 Å². The van der Waals surface area contributed by atoms with Gasteiger partial charge in [-0.25, -0.2) is 0 Å². The Morgan fingerprint density at radius 2 is 1.75 bits per heavy atom. The molecule has 2 rings (SSSR count). The van der Waals surface area contributed by atoms with Crippen molar-refractivity contribution >= 4 is 6.08 Å². The average molecular weight is 268 g/mol. The largest absolute Gasteiger partial charge is 0.489 e. The molecule has 0 amide bonds. The van der Waals surface area contributed by atoms with Crippen LogP contribution >= 0.6 is 0 Å². The molecule has 2 aromatic rings. The SMILES string of the molecule is CCC(O)c1ccccc1OC/C=C/c1ccccc1. The smallest absolute Gasteiger partial charge is 0.125 e. The van der Waals surface area contributed by atoms with Gasteiger partial charge in [0.25, 0.3) is 0 Å². The Morgan fingerprint density at radius 3 is 2.50 bits per heavy atom. The molecule has 2 heteroatoms. The Kier molecular flexibility index (Phi) is 5.39. The molecular weight excluding hydrogens is 248 g/mol. The second kappa shape index (κ2) is 7.51. The van der Waals surface area contributed by atoms with Crippen LogP contribution in [0.2, 0.25) is 0 Å². The molecule has 1 unspecified atom stereocenters. The standard InChI is InChI=1S/C18H20O2/c1-2-17(19)16-12-6-7-13-18(16)20-14-8-11-15-9-4-3-5-10-15/h3-13,17,19H,2,14H2,1H3/b11-8+. The number of hydrogen-bond donors (Lipinski definition) is 1. The van der Waals surface area contributed by atoms with Crippen LogP contribution in [0.15, 0.2) is 60.7 Å². The average Bonchev–Trinajstić information content (AvgIpc) is 2.52. The van der Waals surface area contributed by atoms with Crippen molar-refractivity contribution in [2.75, 3.05) is 6.61 Å². The van der Waals surface area contributed by atoms with Gasteiger partial charge in [-0.2, -0.15) is 0 Å². The summed E-state index contributed by atoms with van der Waals surface area (Å²) in [5, 5.41) is 9.95. The van der Waals surface area contributed by atoms with Gasteiger partial charge in [-0.05, 0) is 24.1 Å². The van der Waals surface area contributed by atoms with E-state index < -0.39 is 6.10 Å².